The van der Waals surface area contributed by atoms with Crippen LogP contribution in [0.1, 0.15) is 42.4 Å². The number of nitrogens with one attached hydrogen (secondary N) is 5. The molecule has 10 heteroatoms. The second kappa shape index (κ2) is 11.1. The SMILES string of the molecule is COC(C)CNc1cc(C(=O)Nc2cccc(C(=N)N(C=N)C(C)C)n2)c(F)cc1C=N. The van der Waals surface area contributed by atoms with Gasteiger partial charge in [0.05, 0.1) is 18.0 Å². The van der Waals surface area contributed by atoms with Crippen LogP contribution in [0.5, 0.6) is 0 Å². The van der Waals surface area contributed by atoms with Gasteiger partial charge < -0.3 is 25.7 Å². The minimum atomic E-state index is -0.773. The van der Waals surface area contributed by atoms with Crippen LogP contribution in [-0.2, 0) is 4.74 Å². The minimum Gasteiger partial charge on any atom is -0.382 e. The molecule has 0 radical (unpaired) electrons. The third kappa shape index (κ3) is 5.94. The smallest absolute Gasteiger partial charge is 0.259 e. The summed E-state index contributed by atoms with van der Waals surface area (Å²) in [5.41, 5.74) is 0.776. The van der Waals surface area contributed by atoms with Gasteiger partial charge in [0.25, 0.3) is 5.91 Å². The molecule has 1 aromatic heterocycles. The third-order valence-corrected chi connectivity index (χ3v) is 4.71. The highest BCUT2D eigenvalue weighted by molar-refractivity contribution is 6.06. The zero-order valence-corrected chi connectivity index (χ0v) is 18.5. The standard InChI is InChI=1S/C22H28FN7O2/c1-13(2)30(12-25)21(26)18-6-5-7-20(28-18)29-22(31)16-9-19(27-11-14(3)32-4)15(10-24)8-17(16)23/h5-10,12-14,24-27H,11H2,1-4H3,(H,28,29,31). The molecule has 9 nitrogen and oxygen atoms in total. The van der Waals surface area contributed by atoms with E-state index in [1.54, 1.807) is 19.2 Å². The van der Waals surface area contributed by atoms with Crippen molar-refractivity contribution in [3.05, 3.63) is 53.0 Å². The molecule has 1 unspecified atom stereocenters. The lowest BCUT2D eigenvalue weighted by molar-refractivity contribution is 0.102. The van der Waals surface area contributed by atoms with Crippen LogP contribution >= 0.6 is 0 Å². The van der Waals surface area contributed by atoms with Crippen molar-refractivity contribution in [2.45, 2.75) is 32.9 Å². The number of anilines is 2. The van der Waals surface area contributed by atoms with Crippen molar-refractivity contribution >= 4 is 35.8 Å². The lowest BCUT2D eigenvalue weighted by Gasteiger charge is -2.23. The number of nitrogens with zero attached hydrogens (tertiary/aromatic N) is 2. The number of rotatable bonds is 10. The molecule has 5 N–H and O–H groups in total. The average molecular weight is 442 g/mol. The fourth-order valence-electron chi connectivity index (χ4n) is 2.80. The molecule has 170 valence electrons. The number of amidine groups is 1. The molecule has 2 rings (SSSR count). The maximum atomic E-state index is 14.6. The van der Waals surface area contributed by atoms with Gasteiger partial charge >= 0.3 is 0 Å². The van der Waals surface area contributed by atoms with Crippen LogP contribution in [0.2, 0.25) is 0 Å². The number of aromatic nitrogens is 1. The number of carbonyl (C=O) groups is 1. The summed E-state index contributed by atoms with van der Waals surface area (Å²) in [6, 6.07) is 7.08. The normalized spacial score (nSPS) is 11.6. The highest BCUT2D eigenvalue weighted by Crippen LogP contribution is 2.21. The summed E-state index contributed by atoms with van der Waals surface area (Å²) < 4.78 is 19.8. The lowest BCUT2D eigenvalue weighted by atomic mass is 10.1. The molecule has 0 aliphatic heterocycles. The number of pyridine rings is 1. The summed E-state index contributed by atoms with van der Waals surface area (Å²) in [5, 5.41) is 28.9. The van der Waals surface area contributed by atoms with Crippen molar-refractivity contribution in [1.29, 1.82) is 16.2 Å². The molecule has 0 aliphatic carbocycles. The first-order chi connectivity index (χ1) is 15.2. The van der Waals surface area contributed by atoms with Crippen LogP contribution < -0.4 is 10.6 Å². The van der Waals surface area contributed by atoms with Crippen molar-refractivity contribution in [3.63, 3.8) is 0 Å². The first kappa shape index (κ1) is 24.6. The second-order valence-corrected chi connectivity index (χ2v) is 7.33. The van der Waals surface area contributed by atoms with E-state index >= 15 is 0 Å². The van der Waals surface area contributed by atoms with Gasteiger partial charge in [-0.15, -0.1) is 0 Å². The van der Waals surface area contributed by atoms with Gasteiger partial charge in [0, 0.05) is 37.2 Å². The Hall–Kier alpha value is -3.66. The Morgan fingerprint density at radius 2 is 2.00 bits per heavy atom. The molecule has 0 saturated heterocycles. The number of amides is 1. The predicted molar refractivity (Wildman–Crippen MR) is 124 cm³/mol. The quantitative estimate of drug-likeness (QED) is 0.283. The van der Waals surface area contributed by atoms with Crippen LogP contribution in [0.25, 0.3) is 0 Å². The van der Waals surface area contributed by atoms with E-state index in [4.69, 9.17) is 21.0 Å². The first-order valence-electron chi connectivity index (χ1n) is 9.98. The summed E-state index contributed by atoms with van der Waals surface area (Å²) in [6.45, 7) is 5.94. The van der Waals surface area contributed by atoms with Crippen molar-refractivity contribution in [3.8, 4) is 0 Å². The van der Waals surface area contributed by atoms with Crippen LogP contribution in [0.3, 0.4) is 0 Å². The number of hydrogen-bond acceptors (Lipinski definition) is 7. The second-order valence-electron chi connectivity index (χ2n) is 7.33. The van der Waals surface area contributed by atoms with Crippen molar-refractivity contribution in [2.75, 3.05) is 24.3 Å². The van der Waals surface area contributed by atoms with E-state index < -0.39 is 11.7 Å². The minimum absolute atomic E-state index is 0.00589. The molecule has 1 aromatic carbocycles. The van der Waals surface area contributed by atoms with E-state index in [-0.39, 0.29) is 35.1 Å². The number of halogens is 1. The number of carbonyl (C=O) groups excluding carboxylic acids is 1. The fourth-order valence-corrected chi connectivity index (χ4v) is 2.80. The highest BCUT2D eigenvalue weighted by atomic mass is 19.1. The summed E-state index contributed by atoms with van der Waals surface area (Å²) in [6.07, 6.45) is 1.92. The van der Waals surface area contributed by atoms with Gasteiger partial charge in [0.1, 0.15) is 17.3 Å². The Labute approximate surface area is 186 Å². The molecular weight excluding hydrogens is 413 g/mol. The molecule has 1 heterocycles. The van der Waals surface area contributed by atoms with E-state index in [0.717, 1.165) is 18.6 Å². The fraction of sp³-hybridized carbons (Fsp3) is 0.318. The zero-order valence-electron chi connectivity index (χ0n) is 18.5. The molecule has 2 aromatic rings. The average Bonchev–Trinajstić information content (AvgIpc) is 2.77. The van der Waals surface area contributed by atoms with Crippen LogP contribution in [0.15, 0.2) is 30.3 Å². The van der Waals surface area contributed by atoms with E-state index in [2.05, 4.69) is 15.6 Å². The topological polar surface area (TPSA) is 138 Å². The van der Waals surface area contributed by atoms with Gasteiger partial charge in [-0.1, -0.05) is 6.07 Å². The zero-order chi connectivity index (χ0) is 23.8. The van der Waals surface area contributed by atoms with Gasteiger partial charge in [-0.25, -0.2) is 9.37 Å². The molecule has 1 atom stereocenters. The number of methoxy groups -OCH3 is 1. The van der Waals surface area contributed by atoms with E-state index in [0.29, 0.717) is 17.8 Å². The lowest BCUT2D eigenvalue weighted by Crippen LogP contribution is -2.36. The third-order valence-electron chi connectivity index (χ3n) is 4.71. The molecule has 32 heavy (non-hydrogen) atoms. The van der Waals surface area contributed by atoms with Crippen LogP contribution in [0.4, 0.5) is 15.9 Å². The van der Waals surface area contributed by atoms with E-state index in [9.17, 15) is 9.18 Å². The predicted octanol–water partition coefficient (Wildman–Crippen LogP) is 3.56. The van der Waals surface area contributed by atoms with Gasteiger partial charge in [-0.3, -0.25) is 15.6 Å². The Bertz CT molecular complexity index is 1010. The van der Waals surface area contributed by atoms with Crippen molar-refractivity contribution < 1.29 is 13.9 Å². The van der Waals surface area contributed by atoms with Gasteiger partial charge in [0.15, 0.2) is 5.84 Å². The molecule has 0 bridgehead atoms. The van der Waals surface area contributed by atoms with E-state index in [1.165, 1.54) is 17.0 Å². The maximum absolute atomic E-state index is 14.6. The van der Waals surface area contributed by atoms with Gasteiger partial charge in [0.2, 0.25) is 0 Å². The number of benzene rings is 1. The number of hydrogen-bond donors (Lipinski definition) is 5. The largest absolute Gasteiger partial charge is 0.382 e. The van der Waals surface area contributed by atoms with Crippen molar-refractivity contribution in [2.24, 2.45) is 0 Å². The molecule has 0 spiro atoms. The number of ether oxygens (including phenoxy) is 1. The first-order valence-corrected chi connectivity index (χ1v) is 9.98. The molecule has 0 saturated carbocycles. The molecule has 0 aliphatic rings. The highest BCUT2D eigenvalue weighted by Gasteiger charge is 2.18. The molecular formula is C22H28FN7O2. The van der Waals surface area contributed by atoms with E-state index in [1.807, 2.05) is 20.8 Å². The Balaban J connectivity index is 2.28. The Kier molecular flexibility index (Phi) is 8.54. The maximum Gasteiger partial charge on any atom is 0.259 e. The monoisotopic (exact) mass is 441 g/mol. The summed E-state index contributed by atoms with van der Waals surface area (Å²) >= 11 is 0. The summed E-state index contributed by atoms with van der Waals surface area (Å²) in [7, 11) is 1.57. The summed E-state index contributed by atoms with van der Waals surface area (Å²) in [4.78, 5) is 18.4. The van der Waals surface area contributed by atoms with Crippen LogP contribution in [0, 0.1) is 22.0 Å². The Morgan fingerprint density at radius 3 is 2.59 bits per heavy atom. The molecule has 1 amide bonds. The summed E-state index contributed by atoms with van der Waals surface area (Å²) in [5.74, 6) is -1.34. The van der Waals surface area contributed by atoms with Crippen LogP contribution in [-0.4, -0.2) is 60.0 Å². The Morgan fingerprint density at radius 1 is 1.28 bits per heavy atom. The van der Waals surface area contributed by atoms with Crippen molar-refractivity contribution in [1.82, 2.24) is 9.88 Å². The van der Waals surface area contributed by atoms with Gasteiger partial charge in [-0.2, -0.15) is 0 Å². The van der Waals surface area contributed by atoms with Gasteiger partial charge in [-0.05, 0) is 45.0 Å². The molecule has 0 fully saturated rings.